The number of benzene rings is 2. The zero-order valence-electron chi connectivity index (χ0n) is 22.6. The standard InChI is InChI=1S/C30H46BNO3/c1-5-6-7-18-30(2,3)27-12-16-29(17-13-27)35-24-23-33-22-20-32(4)25-26-10-14-28(15-11-26)34-21-9-8-19-31/h10-17H,5-9,18-25H2,1-4H3. The van der Waals surface area contributed by atoms with E-state index >= 15 is 0 Å². The molecule has 0 bridgehead atoms. The Morgan fingerprint density at radius 2 is 1.43 bits per heavy atom. The lowest BCUT2D eigenvalue weighted by Gasteiger charge is -2.25. The Kier molecular flexibility index (Phi) is 13.9. The van der Waals surface area contributed by atoms with Gasteiger partial charge in [0.2, 0.25) is 0 Å². The summed E-state index contributed by atoms with van der Waals surface area (Å²) in [7, 11) is 7.63. The molecule has 0 saturated carbocycles. The van der Waals surface area contributed by atoms with Crippen molar-refractivity contribution in [2.75, 3.05) is 40.0 Å². The van der Waals surface area contributed by atoms with Gasteiger partial charge in [-0.15, -0.1) is 0 Å². The fourth-order valence-corrected chi connectivity index (χ4v) is 4.02. The molecule has 192 valence electrons. The lowest BCUT2D eigenvalue weighted by atomic mass is 9.80. The van der Waals surface area contributed by atoms with E-state index in [4.69, 9.17) is 22.1 Å². The van der Waals surface area contributed by atoms with Gasteiger partial charge in [-0.05, 0) is 60.7 Å². The van der Waals surface area contributed by atoms with Gasteiger partial charge < -0.3 is 14.2 Å². The van der Waals surface area contributed by atoms with Crippen molar-refractivity contribution in [2.24, 2.45) is 0 Å². The lowest BCUT2D eigenvalue weighted by molar-refractivity contribution is 0.0836. The number of likely N-dealkylation sites (N-methyl/N-ethyl adjacent to an activating group) is 1. The minimum absolute atomic E-state index is 0.211. The Bertz CT molecular complexity index is 792. The van der Waals surface area contributed by atoms with Crippen LogP contribution >= 0.6 is 0 Å². The fraction of sp³-hybridized carbons (Fsp3) is 0.600. The minimum atomic E-state index is 0.211. The van der Waals surface area contributed by atoms with E-state index in [9.17, 15) is 0 Å². The average Bonchev–Trinajstić information content (AvgIpc) is 2.85. The lowest BCUT2D eigenvalue weighted by Crippen LogP contribution is -2.23. The van der Waals surface area contributed by atoms with Gasteiger partial charge >= 0.3 is 0 Å². The van der Waals surface area contributed by atoms with Gasteiger partial charge in [-0.1, -0.05) is 77.0 Å². The van der Waals surface area contributed by atoms with E-state index in [1.165, 1.54) is 36.8 Å². The van der Waals surface area contributed by atoms with Gasteiger partial charge in [0, 0.05) is 13.1 Å². The van der Waals surface area contributed by atoms with Crippen LogP contribution in [0.1, 0.15) is 70.4 Å². The van der Waals surface area contributed by atoms with Crippen LogP contribution in [-0.4, -0.2) is 52.8 Å². The molecular weight excluding hydrogens is 433 g/mol. The second kappa shape index (κ2) is 16.7. The third-order valence-corrected chi connectivity index (χ3v) is 6.40. The number of hydrogen-bond acceptors (Lipinski definition) is 4. The first-order valence-corrected chi connectivity index (χ1v) is 13.4. The number of nitrogens with zero attached hydrogens (tertiary/aromatic N) is 1. The zero-order chi connectivity index (χ0) is 25.4. The Balaban J connectivity index is 1.57. The molecule has 2 aromatic carbocycles. The molecule has 0 fully saturated rings. The highest BCUT2D eigenvalue weighted by Gasteiger charge is 2.19. The first-order chi connectivity index (χ1) is 16.9. The highest BCUT2D eigenvalue weighted by molar-refractivity contribution is 6.08. The highest BCUT2D eigenvalue weighted by Crippen LogP contribution is 2.30. The summed E-state index contributed by atoms with van der Waals surface area (Å²) in [6, 6.07) is 16.9. The van der Waals surface area contributed by atoms with Crippen LogP contribution in [0.5, 0.6) is 11.5 Å². The highest BCUT2D eigenvalue weighted by atomic mass is 16.5. The van der Waals surface area contributed by atoms with Gasteiger partial charge in [-0.25, -0.2) is 0 Å². The van der Waals surface area contributed by atoms with E-state index in [2.05, 4.69) is 69.1 Å². The molecule has 0 aromatic heterocycles. The maximum Gasteiger partial charge on any atom is 0.119 e. The van der Waals surface area contributed by atoms with Crippen molar-refractivity contribution >= 4 is 7.85 Å². The van der Waals surface area contributed by atoms with Crippen LogP contribution < -0.4 is 9.47 Å². The molecule has 0 unspecified atom stereocenters. The molecule has 0 aliphatic rings. The fourth-order valence-electron chi connectivity index (χ4n) is 4.02. The molecule has 0 aliphatic heterocycles. The van der Waals surface area contributed by atoms with E-state index in [-0.39, 0.29) is 5.41 Å². The molecule has 0 amide bonds. The van der Waals surface area contributed by atoms with Crippen LogP contribution in [0.15, 0.2) is 48.5 Å². The SMILES string of the molecule is [B]CCCCOc1ccc(CN(C)CCOCCOc2ccc(C(C)(C)CCCCC)cc2)cc1. The molecule has 5 heteroatoms. The summed E-state index contributed by atoms with van der Waals surface area (Å²) >= 11 is 0. The molecule has 0 atom stereocenters. The Morgan fingerprint density at radius 3 is 2.09 bits per heavy atom. The normalized spacial score (nSPS) is 11.7. The monoisotopic (exact) mass is 479 g/mol. The second-order valence-corrected chi connectivity index (χ2v) is 10.1. The molecule has 0 N–H and O–H groups in total. The smallest absolute Gasteiger partial charge is 0.119 e. The number of ether oxygens (including phenoxy) is 3. The quantitative estimate of drug-likeness (QED) is 0.163. The maximum atomic E-state index is 5.87. The summed E-state index contributed by atoms with van der Waals surface area (Å²) < 4.78 is 17.4. The summed E-state index contributed by atoms with van der Waals surface area (Å²) in [5, 5.41) is 0. The molecule has 0 aliphatic carbocycles. The van der Waals surface area contributed by atoms with Crippen LogP contribution in [0.25, 0.3) is 0 Å². The molecule has 35 heavy (non-hydrogen) atoms. The topological polar surface area (TPSA) is 30.9 Å². The van der Waals surface area contributed by atoms with Gasteiger partial charge in [0.25, 0.3) is 0 Å². The molecule has 0 saturated heterocycles. The van der Waals surface area contributed by atoms with Crippen LogP contribution in [-0.2, 0) is 16.7 Å². The number of hydrogen-bond donors (Lipinski definition) is 0. The van der Waals surface area contributed by atoms with Crippen molar-refractivity contribution in [3.63, 3.8) is 0 Å². The molecule has 2 rings (SSSR count). The van der Waals surface area contributed by atoms with Crippen LogP contribution in [0, 0.1) is 0 Å². The zero-order valence-corrected chi connectivity index (χ0v) is 22.6. The van der Waals surface area contributed by atoms with Gasteiger partial charge in [0.15, 0.2) is 0 Å². The molecule has 4 nitrogen and oxygen atoms in total. The summed E-state index contributed by atoms with van der Waals surface area (Å²) in [6.45, 7) is 11.2. The van der Waals surface area contributed by atoms with Crippen LogP contribution in [0.2, 0.25) is 6.32 Å². The largest absolute Gasteiger partial charge is 0.494 e. The summed E-state index contributed by atoms with van der Waals surface area (Å²) in [5.41, 5.74) is 2.86. The molecule has 0 heterocycles. The Hall–Kier alpha value is -1.98. The number of rotatable bonds is 19. The van der Waals surface area contributed by atoms with Gasteiger partial charge in [-0.2, -0.15) is 0 Å². The first kappa shape index (κ1) is 29.3. The molecule has 2 radical (unpaired) electrons. The Morgan fingerprint density at radius 1 is 0.771 bits per heavy atom. The van der Waals surface area contributed by atoms with Crippen molar-refractivity contribution in [2.45, 2.75) is 77.6 Å². The predicted octanol–water partition coefficient (Wildman–Crippen LogP) is 6.82. The second-order valence-electron chi connectivity index (χ2n) is 10.1. The van der Waals surface area contributed by atoms with Gasteiger partial charge in [0.05, 0.1) is 27.7 Å². The van der Waals surface area contributed by atoms with Gasteiger partial charge in [-0.3, -0.25) is 4.90 Å². The summed E-state index contributed by atoms with van der Waals surface area (Å²) in [6.07, 6.45) is 7.79. The average molecular weight is 480 g/mol. The molecule has 2 aromatic rings. The Labute approximate surface area is 215 Å². The third kappa shape index (κ3) is 12.0. The van der Waals surface area contributed by atoms with Gasteiger partial charge in [0.1, 0.15) is 18.1 Å². The first-order valence-electron chi connectivity index (χ1n) is 13.4. The molecular formula is C30H46BNO3. The third-order valence-electron chi connectivity index (χ3n) is 6.40. The van der Waals surface area contributed by atoms with E-state index in [1.807, 2.05) is 12.1 Å². The van der Waals surface area contributed by atoms with E-state index < -0.39 is 0 Å². The predicted molar refractivity (Wildman–Crippen MR) is 148 cm³/mol. The molecule has 0 spiro atoms. The van der Waals surface area contributed by atoms with Crippen molar-refractivity contribution in [3.8, 4) is 11.5 Å². The summed E-state index contributed by atoms with van der Waals surface area (Å²) in [4.78, 5) is 2.26. The van der Waals surface area contributed by atoms with Crippen molar-refractivity contribution in [1.82, 2.24) is 4.90 Å². The van der Waals surface area contributed by atoms with Crippen molar-refractivity contribution in [1.29, 1.82) is 0 Å². The van der Waals surface area contributed by atoms with Crippen molar-refractivity contribution < 1.29 is 14.2 Å². The summed E-state index contributed by atoms with van der Waals surface area (Å²) in [5.74, 6) is 1.83. The van der Waals surface area contributed by atoms with Crippen molar-refractivity contribution in [3.05, 3.63) is 59.7 Å². The maximum absolute atomic E-state index is 5.87. The van der Waals surface area contributed by atoms with Crippen LogP contribution in [0.3, 0.4) is 0 Å². The van der Waals surface area contributed by atoms with Crippen LogP contribution in [0.4, 0.5) is 0 Å². The van der Waals surface area contributed by atoms with E-state index in [0.29, 0.717) is 19.8 Å². The van der Waals surface area contributed by atoms with E-state index in [0.717, 1.165) is 50.4 Å². The number of unbranched alkanes of at least 4 members (excludes halogenated alkanes) is 3. The van der Waals surface area contributed by atoms with E-state index in [1.54, 1.807) is 0 Å². The minimum Gasteiger partial charge on any atom is -0.494 e.